The van der Waals surface area contributed by atoms with E-state index in [9.17, 15) is 9.50 Å². The zero-order valence-electron chi connectivity index (χ0n) is 17.9. The van der Waals surface area contributed by atoms with Crippen LogP contribution in [0.5, 0.6) is 5.75 Å². The molecule has 0 amide bonds. The number of aliphatic hydroxyl groups is 1. The van der Waals surface area contributed by atoms with Crippen LogP contribution in [0, 0.1) is 12.7 Å². The van der Waals surface area contributed by atoms with Crippen LogP contribution in [0.3, 0.4) is 0 Å². The van der Waals surface area contributed by atoms with Gasteiger partial charge in [0.15, 0.2) is 0 Å². The van der Waals surface area contributed by atoms with E-state index in [1.54, 1.807) is 10.7 Å². The van der Waals surface area contributed by atoms with Gasteiger partial charge in [0, 0.05) is 11.8 Å². The van der Waals surface area contributed by atoms with Gasteiger partial charge in [-0.3, -0.25) is 4.98 Å². The summed E-state index contributed by atoms with van der Waals surface area (Å²) in [5.74, 6) is 0.0613. The van der Waals surface area contributed by atoms with Gasteiger partial charge in [-0.1, -0.05) is 5.21 Å². The van der Waals surface area contributed by atoms with Gasteiger partial charge < -0.3 is 15.2 Å². The molecule has 0 saturated carbocycles. The third kappa shape index (κ3) is 4.35. The van der Waals surface area contributed by atoms with Crippen molar-refractivity contribution in [2.45, 2.75) is 31.9 Å². The SMILES string of the molecule is Cc1c(-c2cc(OCC(O)c3ccc(F)cn3)c3c(Br)cnn3c2)nnn1C1CCNCC1. The molecule has 0 aliphatic carbocycles. The zero-order chi connectivity index (χ0) is 22.9. The van der Waals surface area contributed by atoms with E-state index in [0.717, 1.165) is 59.1 Å². The van der Waals surface area contributed by atoms with Crippen LogP contribution in [0.2, 0.25) is 0 Å². The van der Waals surface area contributed by atoms with Gasteiger partial charge in [-0.15, -0.1) is 5.10 Å². The molecular weight excluding hydrogens is 493 g/mol. The van der Waals surface area contributed by atoms with Crippen LogP contribution in [0.25, 0.3) is 16.8 Å². The zero-order valence-corrected chi connectivity index (χ0v) is 19.5. The van der Waals surface area contributed by atoms with E-state index in [0.29, 0.717) is 17.5 Å². The molecule has 9 nitrogen and oxygen atoms in total. The predicted octanol–water partition coefficient (Wildman–Crippen LogP) is 3.23. The number of nitrogens with one attached hydrogen (secondary N) is 1. The van der Waals surface area contributed by atoms with Crippen molar-refractivity contribution in [2.75, 3.05) is 19.7 Å². The van der Waals surface area contributed by atoms with Crippen molar-refractivity contribution in [2.24, 2.45) is 0 Å². The molecule has 5 rings (SSSR count). The van der Waals surface area contributed by atoms with Gasteiger partial charge in [-0.05, 0) is 67.0 Å². The van der Waals surface area contributed by atoms with Crippen LogP contribution in [-0.4, -0.2) is 54.4 Å². The fourth-order valence-electron chi connectivity index (χ4n) is 4.13. The Hall–Kier alpha value is -2.89. The van der Waals surface area contributed by atoms with Crippen molar-refractivity contribution in [1.82, 2.24) is 34.9 Å². The summed E-state index contributed by atoms with van der Waals surface area (Å²) in [4.78, 5) is 3.93. The van der Waals surface area contributed by atoms with Crippen molar-refractivity contribution >= 4 is 21.4 Å². The van der Waals surface area contributed by atoms with Gasteiger partial charge in [0.05, 0.1) is 34.3 Å². The summed E-state index contributed by atoms with van der Waals surface area (Å²) < 4.78 is 23.6. The summed E-state index contributed by atoms with van der Waals surface area (Å²) in [6.45, 7) is 3.90. The minimum atomic E-state index is -1.02. The minimum absolute atomic E-state index is 0.0594. The highest BCUT2D eigenvalue weighted by atomic mass is 79.9. The number of ether oxygens (including phenoxy) is 1. The van der Waals surface area contributed by atoms with Gasteiger partial charge in [-0.2, -0.15) is 5.10 Å². The second-order valence-corrected chi connectivity index (χ2v) is 8.91. The first-order valence-electron chi connectivity index (χ1n) is 10.7. The Kier molecular flexibility index (Phi) is 6.09. The molecule has 11 heteroatoms. The van der Waals surface area contributed by atoms with Crippen molar-refractivity contribution in [3.8, 4) is 17.0 Å². The lowest BCUT2D eigenvalue weighted by atomic mass is 10.1. The molecule has 4 aromatic heterocycles. The van der Waals surface area contributed by atoms with E-state index < -0.39 is 11.9 Å². The molecule has 1 saturated heterocycles. The number of aromatic nitrogens is 6. The maximum absolute atomic E-state index is 13.1. The molecule has 1 atom stereocenters. The quantitative estimate of drug-likeness (QED) is 0.406. The van der Waals surface area contributed by atoms with Crippen LogP contribution in [-0.2, 0) is 0 Å². The summed E-state index contributed by atoms with van der Waals surface area (Å²) >= 11 is 3.51. The number of pyridine rings is 2. The van der Waals surface area contributed by atoms with E-state index in [1.807, 2.05) is 23.9 Å². The van der Waals surface area contributed by atoms with Crippen molar-refractivity contribution in [3.05, 3.63) is 58.5 Å². The molecule has 2 N–H and O–H groups in total. The topological polar surface area (TPSA) is 102 Å². The lowest BCUT2D eigenvalue weighted by molar-refractivity contribution is 0.105. The fourth-order valence-corrected chi connectivity index (χ4v) is 4.60. The maximum atomic E-state index is 13.1. The van der Waals surface area contributed by atoms with Crippen molar-refractivity contribution in [3.63, 3.8) is 0 Å². The Bertz CT molecular complexity index is 1270. The Morgan fingerprint density at radius 1 is 1.30 bits per heavy atom. The first-order chi connectivity index (χ1) is 16.0. The molecule has 1 aliphatic rings. The Labute approximate surface area is 197 Å². The number of hydrogen-bond acceptors (Lipinski definition) is 7. The molecule has 5 heterocycles. The molecule has 1 fully saturated rings. The fraction of sp³-hybridized carbons (Fsp3) is 0.364. The standard InChI is InChI=1S/C22H23BrFN7O2/c1-13-21(28-29-31(13)16-4-6-25-7-5-16)14-8-20(22-17(23)10-27-30(22)11-14)33-12-19(32)18-3-2-15(24)9-26-18/h2-3,8-11,16,19,25,32H,4-7,12H2,1H3. The predicted molar refractivity (Wildman–Crippen MR) is 122 cm³/mol. The molecule has 0 radical (unpaired) electrons. The van der Waals surface area contributed by atoms with Crippen LogP contribution in [0.1, 0.15) is 36.4 Å². The Balaban J connectivity index is 1.45. The smallest absolute Gasteiger partial charge is 0.147 e. The van der Waals surface area contributed by atoms with E-state index in [4.69, 9.17) is 4.74 Å². The van der Waals surface area contributed by atoms with Gasteiger partial charge in [0.25, 0.3) is 0 Å². The average Bonchev–Trinajstić information content (AvgIpc) is 3.41. The first kappa shape index (κ1) is 21.9. The van der Waals surface area contributed by atoms with Crippen LogP contribution < -0.4 is 10.1 Å². The molecular formula is C22H23BrFN7O2. The summed E-state index contributed by atoms with van der Waals surface area (Å²) in [6.07, 6.45) is 5.65. The van der Waals surface area contributed by atoms with Gasteiger partial charge in [-0.25, -0.2) is 13.6 Å². The lowest BCUT2D eigenvalue weighted by Gasteiger charge is -2.23. The first-order valence-corrected chi connectivity index (χ1v) is 11.5. The second-order valence-electron chi connectivity index (χ2n) is 8.06. The maximum Gasteiger partial charge on any atom is 0.147 e. The second kappa shape index (κ2) is 9.16. The molecule has 4 aromatic rings. The average molecular weight is 516 g/mol. The van der Waals surface area contributed by atoms with Gasteiger partial charge in [0.1, 0.15) is 35.5 Å². The lowest BCUT2D eigenvalue weighted by Crippen LogP contribution is -2.30. The third-order valence-electron chi connectivity index (χ3n) is 5.88. The van der Waals surface area contributed by atoms with Crippen LogP contribution in [0.15, 0.2) is 41.3 Å². The van der Waals surface area contributed by atoms with E-state index in [1.165, 1.54) is 12.1 Å². The van der Waals surface area contributed by atoms with E-state index in [-0.39, 0.29) is 6.61 Å². The molecule has 0 spiro atoms. The summed E-state index contributed by atoms with van der Waals surface area (Å²) in [6, 6.07) is 4.89. The van der Waals surface area contributed by atoms with Crippen molar-refractivity contribution < 1.29 is 14.2 Å². The number of piperidine rings is 1. The third-order valence-corrected chi connectivity index (χ3v) is 6.46. The molecule has 0 bridgehead atoms. The number of aliphatic hydroxyl groups excluding tert-OH is 1. The van der Waals surface area contributed by atoms with Crippen LogP contribution >= 0.6 is 15.9 Å². The normalized spacial score (nSPS) is 15.8. The monoisotopic (exact) mass is 515 g/mol. The molecule has 0 aromatic carbocycles. The number of nitrogens with zero attached hydrogens (tertiary/aromatic N) is 6. The largest absolute Gasteiger partial charge is 0.488 e. The highest BCUT2D eigenvalue weighted by Crippen LogP contribution is 2.34. The van der Waals surface area contributed by atoms with Gasteiger partial charge in [0.2, 0.25) is 0 Å². The number of rotatable bonds is 6. The summed E-state index contributed by atoms with van der Waals surface area (Å²) in [5.41, 5.74) is 3.60. The van der Waals surface area contributed by atoms with Crippen molar-refractivity contribution in [1.29, 1.82) is 0 Å². The molecule has 1 aliphatic heterocycles. The van der Waals surface area contributed by atoms with Gasteiger partial charge >= 0.3 is 0 Å². The molecule has 172 valence electrons. The highest BCUT2D eigenvalue weighted by Gasteiger charge is 2.22. The minimum Gasteiger partial charge on any atom is -0.488 e. The van der Waals surface area contributed by atoms with Crippen LogP contribution in [0.4, 0.5) is 4.39 Å². The number of fused-ring (bicyclic) bond motifs is 1. The van der Waals surface area contributed by atoms with E-state index in [2.05, 4.69) is 41.6 Å². The number of halogens is 2. The number of hydrogen-bond donors (Lipinski definition) is 2. The summed E-state index contributed by atoms with van der Waals surface area (Å²) in [7, 11) is 0. The Morgan fingerprint density at radius 3 is 2.88 bits per heavy atom. The highest BCUT2D eigenvalue weighted by molar-refractivity contribution is 9.10. The Morgan fingerprint density at radius 2 is 2.12 bits per heavy atom. The molecule has 1 unspecified atom stereocenters. The van der Waals surface area contributed by atoms with E-state index >= 15 is 0 Å². The molecule has 33 heavy (non-hydrogen) atoms. The summed E-state index contributed by atoms with van der Waals surface area (Å²) in [5, 5.41) is 27.1.